The Labute approximate surface area is 111 Å². The van der Waals surface area contributed by atoms with E-state index in [1.807, 2.05) is 0 Å². The van der Waals surface area contributed by atoms with Gasteiger partial charge >= 0.3 is 0 Å². The first-order valence-electron chi connectivity index (χ1n) is 6.15. The number of hydrogen-bond donors (Lipinski definition) is 2. The number of nitrogens with zero attached hydrogens (tertiary/aromatic N) is 1. The highest BCUT2D eigenvalue weighted by atomic mass is 35.5. The molecular weight excluding hydrogens is 252 g/mol. The van der Waals surface area contributed by atoms with E-state index in [0.717, 1.165) is 25.0 Å². The second kappa shape index (κ2) is 5.67. The number of halogens is 1. The van der Waals surface area contributed by atoms with Crippen LogP contribution in [0.4, 0.5) is 0 Å². The first-order valence-corrected chi connectivity index (χ1v) is 6.53. The van der Waals surface area contributed by atoms with Crippen LogP contribution in [0.2, 0.25) is 5.15 Å². The summed E-state index contributed by atoms with van der Waals surface area (Å²) in [7, 11) is 0. The van der Waals surface area contributed by atoms with Crippen LogP contribution >= 0.6 is 11.6 Å². The third kappa shape index (κ3) is 3.43. The quantitative estimate of drug-likeness (QED) is 0.824. The van der Waals surface area contributed by atoms with E-state index in [9.17, 15) is 9.90 Å². The predicted octanol–water partition coefficient (Wildman–Crippen LogP) is 1.93. The molecule has 18 heavy (non-hydrogen) atoms. The fourth-order valence-corrected chi connectivity index (χ4v) is 2.58. The highest BCUT2D eigenvalue weighted by molar-refractivity contribution is 6.29. The third-order valence-electron chi connectivity index (χ3n) is 3.25. The summed E-state index contributed by atoms with van der Waals surface area (Å²) in [6, 6.07) is 3.28. The van der Waals surface area contributed by atoms with Gasteiger partial charge in [0.2, 0.25) is 0 Å². The van der Waals surface area contributed by atoms with Crippen LogP contribution in [0.15, 0.2) is 12.1 Å². The van der Waals surface area contributed by atoms with Crippen LogP contribution in [0.25, 0.3) is 0 Å². The van der Waals surface area contributed by atoms with E-state index in [0.29, 0.717) is 23.2 Å². The molecule has 1 heterocycles. The number of nitrogens with one attached hydrogen (secondary N) is 1. The number of rotatable bonds is 3. The SMILES string of the molecule is Cc1cc(C(=O)NCC2CCC(O)C2)cc(Cl)n1. The minimum Gasteiger partial charge on any atom is -0.393 e. The van der Waals surface area contributed by atoms with Crippen molar-refractivity contribution >= 4 is 17.5 Å². The first kappa shape index (κ1) is 13.3. The number of aromatic nitrogens is 1. The van der Waals surface area contributed by atoms with E-state index < -0.39 is 0 Å². The highest BCUT2D eigenvalue weighted by Gasteiger charge is 2.23. The lowest BCUT2D eigenvalue weighted by atomic mass is 10.1. The number of carbonyl (C=O) groups excluding carboxylic acids is 1. The van der Waals surface area contributed by atoms with Gasteiger partial charge in [0.1, 0.15) is 5.15 Å². The number of hydrogen-bond acceptors (Lipinski definition) is 3. The molecule has 1 aromatic rings. The number of aryl methyl sites for hydroxylation is 1. The molecule has 1 aliphatic rings. The Kier molecular flexibility index (Phi) is 4.19. The Bertz CT molecular complexity index is 430. The lowest BCUT2D eigenvalue weighted by Crippen LogP contribution is -2.28. The standard InChI is InChI=1S/C13H17ClN2O2/c1-8-4-10(6-12(14)16-8)13(18)15-7-9-2-3-11(17)5-9/h4,6,9,11,17H,2-3,5,7H2,1H3,(H,15,18). The summed E-state index contributed by atoms with van der Waals surface area (Å²) < 4.78 is 0. The topological polar surface area (TPSA) is 62.2 Å². The second-order valence-corrected chi connectivity index (χ2v) is 5.25. The van der Waals surface area contributed by atoms with Gasteiger partial charge in [0, 0.05) is 17.8 Å². The lowest BCUT2D eigenvalue weighted by Gasteiger charge is -2.11. The van der Waals surface area contributed by atoms with Crippen molar-refractivity contribution in [1.29, 1.82) is 0 Å². The molecule has 0 aliphatic heterocycles. The smallest absolute Gasteiger partial charge is 0.251 e. The van der Waals surface area contributed by atoms with Crippen molar-refractivity contribution in [3.8, 4) is 0 Å². The molecule has 0 spiro atoms. The van der Waals surface area contributed by atoms with Crippen molar-refractivity contribution < 1.29 is 9.90 Å². The molecule has 1 amide bonds. The van der Waals surface area contributed by atoms with Crippen molar-refractivity contribution in [2.45, 2.75) is 32.3 Å². The lowest BCUT2D eigenvalue weighted by molar-refractivity contribution is 0.0945. The average Bonchev–Trinajstić information content (AvgIpc) is 2.70. The second-order valence-electron chi connectivity index (χ2n) is 4.86. The number of amides is 1. The molecule has 5 heteroatoms. The molecule has 98 valence electrons. The highest BCUT2D eigenvalue weighted by Crippen LogP contribution is 2.24. The van der Waals surface area contributed by atoms with Gasteiger partial charge in [-0.15, -0.1) is 0 Å². The third-order valence-corrected chi connectivity index (χ3v) is 3.44. The van der Waals surface area contributed by atoms with Crippen molar-refractivity contribution in [2.75, 3.05) is 6.54 Å². The maximum atomic E-state index is 11.9. The van der Waals surface area contributed by atoms with E-state index in [2.05, 4.69) is 10.3 Å². The molecule has 1 aliphatic carbocycles. The first-order chi connectivity index (χ1) is 8.54. The summed E-state index contributed by atoms with van der Waals surface area (Å²) in [5, 5.41) is 12.6. The molecule has 1 aromatic heterocycles. The monoisotopic (exact) mass is 268 g/mol. The van der Waals surface area contributed by atoms with Crippen LogP contribution in [0.5, 0.6) is 0 Å². The normalized spacial score (nSPS) is 23.1. The Balaban J connectivity index is 1.91. The Morgan fingerprint density at radius 1 is 1.56 bits per heavy atom. The number of aliphatic hydroxyl groups is 1. The zero-order chi connectivity index (χ0) is 13.1. The zero-order valence-electron chi connectivity index (χ0n) is 10.3. The zero-order valence-corrected chi connectivity index (χ0v) is 11.1. The summed E-state index contributed by atoms with van der Waals surface area (Å²) in [6.07, 6.45) is 2.37. The maximum absolute atomic E-state index is 11.9. The fraction of sp³-hybridized carbons (Fsp3) is 0.538. The Morgan fingerprint density at radius 2 is 2.33 bits per heavy atom. The van der Waals surface area contributed by atoms with Crippen LogP contribution in [-0.4, -0.2) is 28.6 Å². The van der Waals surface area contributed by atoms with Crippen LogP contribution in [0, 0.1) is 12.8 Å². The molecule has 1 saturated carbocycles. The minimum atomic E-state index is -0.204. The average molecular weight is 269 g/mol. The molecule has 0 bridgehead atoms. The van der Waals surface area contributed by atoms with Gasteiger partial charge in [0.15, 0.2) is 0 Å². The number of aliphatic hydroxyl groups excluding tert-OH is 1. The van der Waals surface area contributed by atoms with Gasteiger partial charge in [0.25, 0.3) is 5.91 Å². The fourth-order valence-electron chi connectivity index (χ4n) is 2.33. The number of pyridine rings is 1. The molecule has 0 radical (unpaired) electrons. The predicted molar refractivity (Wildman–Crippen MR) is 69.7 cm³/mol. The molecule has 0 aromatic carbocycles. The summed E-state index contributed by atoms with van der Waals surface area (Å²) in [5.74, 6) is 0.242. The van der Waals surface area contributed by atoms with Gasteiger partial charge in [-0.25, -0.2) is 4.98 Å². The van der Waals surface area contributed by atoms with Gasteiger partial charge in [-0.05, 0) is 44.2 Å². The largest absolute Gasteiger partial charge is 0.393 e. The van der Waals surface area contributed by atoms with E-state index in [1.165, 1.54) is 0 Å². The summed E-state index contributed by atoms with van der Waals surface area (Å²) in [5.41, 5.74) is 1.26. The van der Waals surface area contributed by atoms with Crippen LogP contribution in [-0.2, 0) is 0 Å². The Morgan fingerprint density at radius 3 is 2.94 bits per heavy atom. The van der Waals surface area contributed by atoms with Gasteiger partial charge in [-0.1, -0.05) is 11.6 Å². The van der Waals surface area contributed by atoms with Gasteiger partial charge in [-0.2, -0.15) is 0 Å². The van der Waals surface area contributed by atoms with Crippen molar-refractivity contribution in [3.05, 3.63) is 28.5 Å². The van der Waals surface area contributed by atoms with Gasteiger partial charge in [0.05, 0.1) is 6.10 Å². The van der Waals surface area contributed by atoms with E-state index >= 15 is 0 Å². The van der Waals surface area contributed by atoms with Crippen molar-refractivity contribution in [3.63, 3.8) is 0 Å². The minimum absolute atomic E-state index is 0.135. The molecule has 2 unspecified atom stereocenters. The van der Waals surface area contributed by atoms with E-state index in [-0.39, 0.29) is 12.0 Å². The van der Waals surface area contributed by atoms with Crippen LogP contribution in [0.3, 0.4) is 0 Å². The molecular formula is C13H17ClN2O2. The molecule has 2 rings (SSSR count). The summed E-state index contributed by atoms with van der Waals surface area (Å²) in [4.78, 5) is 15.9. The maximum Gasteiger partial charge on any atom is 0.251 e. The van der Waals surface area contributed by atoms with Crippen LogP contribution < -0.4 is 5.32 Å². The molecule has 2 N–H and O–H groups in total. The summed E-state index contributed by atoms with van der Waals surface area (Å²) in [6.45, 7) is 2.41. The van der Waals surface area contributed by atoms with Gasteiger partial charge < -0.3 is 10.4 Å². The molecule has 4 nitrogen and oxygen atoms in total. The number of carbonyl (C=O) groups is 1. The molecule has 0 saturated heterocycles. The van der Waals surface area contributed by atoms with E-state index in [4.69, 9.17) is 11.6 Å². The van der Waals surface area contributed by atoms with Gasteiger partial charge in [-0.3, -0.25) is 4.79 Å². The Hall–Kier alpha value is -1.13. The van der Waals surface area contributed by atoms with Crippen molar-refractivity contribution in [1.82, 2.24) is 10.3 Å². The summed E-state index contributed by atoms with van der Waals surface area (Å²) >= 11 is 5.82. The van der Waals surface area contributed by atoms with Crippen LogP contribution in [0.1, 0.15) is 35.3 Å². The van der Waals surface area contributed by atoms with Crippen molar-refractivity contribution in [2.24, 2.45) is 5.92 Å². The molecule has 2 atom stereocenters. The molecule has 1 fully saturated rings. The van der Waals surface area contributed by atoms with E-state index in [1.54, 1.807) is 19.1 Å².